The molecule has 1 aliphatic carbocycles. The fourth-order valence-corrected chi connectivity index (χ4v) is 3.66. The number of hydrogen-bond donors (Lipinski definition) is 1. The van der Waals surface area contributed by atoms with E-state index < -0.39 is 0 Å². The molecule has 2 fully saturated rings. The van der Waals surface area contributed by atoms with Gasteiger partial charge >= 0.3 is 0 Å². The van der Waals surface area contributed by atoms with Crippen LogP contribution in [-0.4, -0.2) is 55.4 Å². The average Bonchev–Trinajstić information content (AvgIpc) is 2.99. The molecule has 4 rings (SSSR count). The summed E-state index contributed by atoms with van der Waals surface area (Å²) in [6.45, 7) is 5.10. The summed E-state index contributed by atoms with van der Waals surface area (Å²) >= 11 is 0. The van der Waals surface area contributed by atoms with Crippen molar-refractivity contribution < 1.29 is 19.0 Å². The van der Waals surface area contributed by atoms with E-state index in [9.17, 15) is 4.79 Å². The van der Waals surface area contributed by atoms with Gasteiger partial charge < -0.3 is 24.4 Å². The van der Waals surface area contributed by atoms with Gasteiger partial charge in [0, 0.05) is 38.4 Å². The second kappa shape index (κ2) is 9.40. The van der Waals surface area contributed by atoms with Crippen molar-refractivity contribution in [1.82, 2.24) is 9.97 Å². The number of rotatable bonds is 6. The summed E-state index contributed by atoms with van der Waals surface area (Å²) in [6.07, 6.45) is 6.11. The van der Waals surface area contributed by atoms with Crippen LogP contribution in [0.1, 0.15) is 24.8 Å². The number of aryl methyl sites for hydroxylation is 1. The number of aromatic nitrogens is 2. The van der Waals surface area contributed by atoms with Crippen LogP contribution in [0.2, 0.25) is 0 Å². The van der Waals surface area contributed by atoms with Crippen LogP contribution in [-0.2, 0) is 14.3 Å². The Hall–Kier alpha value is -2.71. The van der Waals surface area contributed by atoms with E-state index in [0.717, 1.165) is 50.2 Å². The van der Waals surface area contributed by atoms with Crippen molar-refractivity contribution in [2.75, 3.05) is 43.6 Å². The van der Waals surface area contributed by atoms with Gasteiger partial charge in [-0.25, -0.2) is 9.97 Å². The summed E-state index contributed by atoms with van der Waals surface area (Å²) in [5, 5.41) is 2.98. The average molecular weight is 412 g/mol. The second-order valence-electron chi connectivity index (χ2n) is 7.77. The third-order valence-corrected chi connectivity index (χ3v) is 5.59. The molecule has 0 spiro atoms. The van der Waals surface area contributed by atoms with E-state index in [1.807, 2.05) is 25.1 Å². The first kappa shape index (κ1) is 20.6. The lowest BCUT2D eigenvalue weighted by Crippen LogP contribution is -2.38. The number of hydrogen-bond acceptors (Lipinski definition) is 7. The zero-order valence-electron chi connectivity index (χ0n) is 17.5. The number of methoxy groups -OCH3 is 1. The van der Waals surface area contributed by atoms with Gasteiger partial charge in [0.25, 0.3) is 0 Å². The largest absolute Gasteiger partial charge is 0.454 e. The Balaban J connectivity index is 1.35. The maximum atomic E-state index is 12.3. The highest BCUT2D eigenvalue weighted by Crippen LogP contribution is 2.32. The predicted octanol–water partition coefficient (Wildman–Crippen LogP) is 3.17. The van der Waals surface area contributed by atoms with E-state index in [4.69, 9.17) is 14.2 Å². The Morgan fingerprint density at radius 3 is 2.73 bits per heavy atom. The molecule has 1 amide bonds. The van der Waals surface area contributed by atoms with Crippen LogP contribution in [0.5, 0.6) is 11.5 Å². The SMILES string of the molecule is COC1CC(C(=O)Nc2ccc(Oc3cnc(N4CCCOCC4)nc3)c(C)c2)C1. The number of nitrogens with one attached hydrogen (secondary N) is 1. The highest BCUT2D eigenvalue weighted by Gasteiger charge is 2.34. The summed E-state index contributed by atoms with van der Waals surface area (Å²) in [5.74, 6) is 2.03. The zero-order valence-corrected chi connectivity index (χ0v) is 17.5. The van der Waals surface area contributed by atoms with Gasteiger partial charge in [-0.1, -0.05) is 0 Å². The highest BCUT2D eigenvalue weighted by molar-refractivity contribution is 5.93. The molecule has 1 aromatic heterocycles. The number of ether oxygens (including phenoxy) is 3. The molecule has 1 aromatic carbocycles. The molecule has 8 heteroatoms. The number of benzene rings is 1. The van der Waals surface area contributed by atoms with E-state index in [1.54, 1.807) is 19.5 Å². The molecule has 0 unspecified atom stereocenters. The first-order chi connectivity index (χ1) is 14.6. The smallest absolute Gasteiger partial charge is 0.227 e. The van der Waals surface area contributed by atoms with Crippen molar-refractivity contribution in [3.63, 3.8) is 0 Å². The second-order valence-corrected chi connectivity index (χ2v) is 7.77. The standard InChI is InChI=1S/C22H28N4O4/c1-15-10-17(25-21(27)16-11-18(12-16)28-2)4-5-20(15)30-19-13-23-22(24-14-19)26-6-3-8-29-9-7-26/h4-5,10,13-14,16,18H,3,6-9,11-12H2,1-2H3,(H,25,27). The molecule has 2 aliphatic rings. The summed E-state index contributed by atoms with van der Waals surface area (Å²) in [5.41, 5.74) is 1.69. The first-order valence-corrected chi connectivity index (χ1v) is 10.4. The van der Waals surface area contributed by atoms with Crippen LogP contribution in [0.4, 0.5) is 11.6 Å². The number of amides is 1. The van der Waals surface area contributed by atoms with Crippen molar-refractivity contribution in [2.24, 2.45) is 5.92 Å². The molecule has 0 bridgehead atoms. The molecule has 8 nitrogen and oxygen atoms in total. The van der Waals surface area contributed by atoms with E-state index >= 15 is 0 Å². The van der Waals surface area contributed by atoms with Crippen LogP contribution in [0.3, 0.4) is 0 Å². The molecule has 30 heavy (non-hydrogen) atoms. The molecule has 0 atom stereocenters. The minimum Gasteiger partial charge on any atom is -0.454 e. The number of anilines is 2. The van der Waals surface area contributed by atoms with Crippen molar-refractivity contribution in [3.8, 4) is 11.5 Å². The van der Waals surface area contributed by atoms with E-state index in [0.29, 0.717) is 24.1 Å². The van der Waals surface area contributed by atoms with E-state index in [1.165, 1.54) is 0 Å². The maximum Gasteiger partial charge on any atom is 0.227 e. The highest BCUT2D eigenvalue weighted by atomic mass is 16.5. The molecular formula is C22H28N4O4. The lowest BCUT2D eigenvalue weighted by Gasteiger charge is -2.32. The minimum absolute atomic E-state index is 0.0256. The molecule has 1 N–H and O–H groups in total. The first-order valence-electron chi connectivity index (χ1n) is 10.4. The van der Waals surface area contributed by atoms with Crippen LogP contribution in [0.15, 0.2) is 30.6 Å². The lowest BCUT2D eigenvalue weighted by atomic mass is 9.81. The van der Waals surface area contributed by atoms with Gasteiger partial charge in [0.15, 0.2) is 5.75 Å². The Morgan fingerprint density at radius 2 is 2.00 bits per heavy atom. The van der Waals surface area contributed by atoms with E-state index in [-0.39, 0.29) is 17.9 Å². The Bertz CT molecular complexity index is 860. The normalized spacial score (nSPS) is 21.5. The third-order valence-electron chi connectivity index (χ3n) is 5.59. The van der Waals surface area contributed by atoms with E-state index in [2.05, 4.69) is 20.2 Å². The van der Waals surface area contributed by atoms with Gasteiger partial charge in [-0.05, 0) is 49.9 Å². The van der Waals surface area contributed by atoms with Crippen LogP contribution >= 0.6 is 0 Å². The fourth-order valence-electron chi connectivity index (χ4n) is 3.66. The Morgan fingerprint density at radius 1 is 1.20 bits per heavy atom. The fraction of sp³-hybridized carbons (Fsp3) is 0.500. The molecule has 0 radical (unpaired) electrons. The van der Waals surface area contributed by atoms with Gasteiger partial charge in [-0.2, -0.15) is 0 Å². The van der Waals surface area contributed by atoms with Gasteiger partial charge in [-0.3, -0.25) is 4.79 Å². The summed E-state index contributed by atoms with van der Waals surface area (Å²) < 4.78 is 16.7. The van der Waals surface area contributed by atoms with Crippen molar-refractivity contribution in [3.05, 3.63) is 36.2 Å². The summed E-state index contributed by atoms with van der Waals surface area (Å²) in [7, 11) is 1.68. The van der Waals surface area contributed by atoms with Crippen LogP contribution < -0.4 is 15.0 Å². The molecular weight excluding hydrogens is 384 g/mol. The quantitative estimate of drug-likeness (QED) is 0.780. The topological polar surface area (TPSA) is 85.8 Å². The summed E-state index contributed by atoms with van der Waals surface area (Å²) in [6, 6.07) is 5.61. The predicted molar refractivity (Wildman–Crippen MR) is 113 cm³/mol. The molecule has 1 saturated heterocycles. The molecule has 1 saturated carbocycles. The van der Waals surface area contributed by atoms with Crippen LogP contribution in [0.25, 0.3) is 0 Å². The molecule has 2 heterocycles. The maximum absolute atomic E-state index is 12.3. The lowest BCUT2D eigenvalue weighted by molar-refractivity contribution is -0.127. The summed E-state index contributed by atoms with van der Waals surface area (Å²) in [4.78, 5) is 23.3. The van der Waals surface area contributed by atoms with Crippen molar-refractivity contribution >= 4 is 17.5 Å². The molecule has 2 aromatic rings. The van der Waals surface area contributed by atoms with Crippen molar-refractivity contribution in [1.29, 1.82) is 0 Å². The third kappa shape index (κ3) is 4.88. The molecule has 1 aliphatic heterocycles. The number of nitrogens with zero attached hydrogens (tertiary/aromatic N) is 3. The van der Waals surface area contributed by atoms with Gasteiger partial charge in [0.2, 0.25) is 11.9 Å². The van der Waals surface area contributed by atoms with Crippen LogP contribution in [0, 0.1) is 12.8 Å². The Labute approximate surface area is 176 Å². The monoisotopic (exact) mass is 412 g/mol. The number of carbonyl (C=O) groups excluding carboxylic acids is 1. The van der Waals surface area contributed by atoms with Crippen molar-refractivity contribution in [2.45, 2.75) is 32.3 Å². The zero-order chi connectivity index (χ0) is 20.9. The number of carbonyl (C=O) groups is 1. The molecule has 160 valence electrons. The minimum atomic E-state index is 0.0256. The van der Waals surface area contributed by atoms with Gasteiger partial charge in [0.05, 0.1) is 25.1 Å². The Kier molecular flexibility index (Phi) is 6.44. The van der Waals surface area contributed by atoms with Gasteiger partial charge in [-0.15, -0.1) is 0 Å². The van der Waals surface area contributed by atoms with Gasteiger partial charge in [0.1, 0.15) is 5.75 Å².